The Bertz CT molecular complexity index is 745. The van der Waals surface area contributed by atoms with Crippen molar-refractivity contribution in [2.75, 3.05) is 0 Å². The Balaban J connectivity index is 1.79. The van der Waals surface area contributed by atoms with Gasteiger partial charge in [-0.05, 0) is 41.5 Å². The lowest BCUT2D eigenvalue weighted by atomic mass is 10.2. The van der Waals surface area contributed by atoms with Crippen LogP contribution in [0, 0.1) is 0 Å². The van der Waals surface area contributed by atoms with Gasteiger partial charge in [0.05, 0.1) is 12.8 Å². The fraction of sp³-hybridized carbons (Fsp3) is 0.167. The van der Waals surface area contributed by atoms with Crippen LogP contribution in [-0.2, 0) is 19.6 Å². The Morgan fingerprint density at radius 2 is 1.91 bits per heavy atom. The summed E-state index contributed by atoms with van der Waals surface area (Å²) >= 11 is 12.3. The maximum absolute atomic E-state index is 6.31. The van der Waals surface area contributed by atoms with E-state index in [0.29, 0.717) is 23.1 Å². The molecule has 0 saturated heterocycles. The SMILES string of the molecule is Clc1ccc(CN(Cc2cccnc2)Cc2ccco2)c(Cl)c1. The fourth-order valence-corrected chi connectivity index (χ4v) is 2.90. The van der Waals surface area contributed by atoms with E-state index in [4.69, 9.17) is 27.6 Å². The number of hydrogen-bond donors (Lipinski definition) is 0. The standard InChI is InChI=1S/C18H16Cl2N2O/c19-16-6-5-15(18(20)9-16)12-22(13-17-4-2-8-23-17)11-14-3-1-7-21-10-14/h1-10H,11-13H2. The molecule has 3 aromatic rings. The molecule has 118 valence electrons. The zero-order chi connectivity index (χ0) is 16.1. The molecular formula is C18H16Cl2N2O. The third-order valence-electron chi connectivity index (χ3n) is 3.50. The van der Waals surface area contributed by atoms with Gasteiger partial charge in [-0.15, -0.1) is 0 Å². The molecule has 0 bridgehead atoms. The molecule has 1 aromatic carbocycles. The predicted octanol–water partition coefficient (Wildman–Crippen LogP) is 5.18. The summed E-state index contributed by atoms with van der Waals surface area (Å²) in [4.78, 5) is 6.43. The fourth-order valence-electron chi connectivity index (χ4n) is 2.43. The van der Waals surface area contributed by atoms with Crippen LogP contribution in [0.4, 0.5) is 0 Å². The van der Waals surface area contributed by atoms with Gasteiger partial charge in [0, 0.05) is 35.5 Å². The molecule has 0 amide bonds. The predicted molar refractivity (Wildman–Crippen MR) is 92.4 cm³/mol. The van der Waals surface area contributed by atoms with Gasteiger partial charge < -0.3 is 4.42 Å². The summed E-state index contributed by atoms with van der Waals surface area (Å²) in [7, 11) is 0. The average Bonchev–Trinajstić information content (AvgIpc) is 3.04. The second-order valence-corrected chi connectivity index (χ2v) is 6.17. The van der Waals surface area contributed by atoms with Crippen LogP contribution in [0.2, 0.25) is 10.0 Å². The molecule has 0 aliphatic heterocycles. The van der Waals surface area contributed by atoms with Crippen LogP contribution in [-0.4, -0.2) is 9.88 Å². The Labute approximate surface area is 145 Å². The molecule has 0 aliphatic rings. The van der Waals surface area contributed by atoms with Gasteiger partial charge in [0.25, 0.3) is 0 Å². The van der Waals surface area contributed by atoms with Gasteiger partial charge in [-0.25, -0.2) is 0 Å². The topological polar surface area (TPSA) is 29.3 Å². The molecule has 0 fully saturated rings. The van der Waals surface area contributed by atoms with E-state index < -0.39 is 0 Å². The first kappa shape index (κ1) is 16.1. The van der Waals surface area contributed by atoms with Crippen molar-refractivity contribution >= 4 is 23.2 Å². The zero-order valence-corrected chi connectivity index (χ0v) is 14.0. The highest BCUT2D eigenvalue weighted by atomic mass is 35.5. The van der Waals surface area contributed by atoms with Crippen LogP contribution in [0.1, 0.15) is 16.9 Å². The second kappa shape index (κ2) is 7.64. The van der Waals surface area contributed by atoms with Crippen molar-refractivity contribution in [3.05, 3.63) is 88.1 Å². The van der Waals surface area contributed by atoms with E-state index in [1.807, 2.05) is 36.5 Å². The Morgan fingerprint density at radius 1 is 1.00 bits per heavy atom. The molecule has 2 heterocycles. The van der Waals surface area contributed by atoms with Crippen LogP contribution < -0.4 is 0 Å². The van der Waals surface area contributed by atoms with E-state index in [9.17, 15) is 0 Å². The highest BCUT2D eigenvalue weighted by molar-refractivity contribution is 6.35. The number of nitrogens with zero attached hydrogens (tertiary/aromatic N) is 2. The minimum Gasteiger partial charge on any atom is -0.468 e. The molecule has 0 saturated carbocycles. The van der Waals surface area contributed by atoms with E-state index in [1.165, 1.54) is 0 Å². The summed E-state index contributed by atoms with van der Waals surface area (Å²) in [5, 5.41) is 1.32. The van der Waals surface area contributed by atoms with E-state index in [1.54, 1.807) is 18.5 Å². The van der Waals surface area contributed by atoms with Crippen LogP contribution >= 0.6 is 23.2 Å². The molecule has 0 N–H and O–H groups in total. The lowest BCUT2D eigenvalue weighted by Gasteiger charge is -2.22. The summed E-state index contributed by atoms with van der Waals surface area (Å²) in [6, 6.07) is 13.5. The summed E-state index contributed by atoms with van der Waals surface area (Å²) in [6.45, 7) is 2.15. The third kappa shape index (κ3) is 4.58. The molecule has 3 rings (SSSR count). The number of aromatic nitrogens is 1. The van der Waals surface area contributed by atoms with Crippen molar-refractivity contribution in [1.29, 1.82) is 0 Å². The summed E-state index contributed by atoms with van der Waals surface area (Å²) in [6.07, 6.45) is 5.34. The lowest BCUT2D eigenvalue weighted by molar-refractivity contribution is 0.226. The van der Waals surface area contributed by atoms with Crippen LogP contribution in [0.3, 0.4) is 0 Å². The monoisotopic (exact) mass is 346 g/mol. The van der Waals surface area contributed by atoms with E-state index >= 15 is 0 Å². The zero-order valence-electron chi connectivity index (χ0n) is 12.5. The van der Waals surface area contributed by atoms with Gasteiger partial charge >= 0.3 is 0 Å². The minimum absolute atomic E-state index is 0.642. The van der Waals surface area contributed by atoms with Crippen molar-refractivity contribution in [1.82, 2.24) is 9.88 Å². The van der Waals surface area contributed by atoms with Crippen molar-refractivity contribution in [2.45, 2.75) is 19.6 Å². The maximum Gasteiger partial charge on any atom is 0.117 e. The first-order chi connectivity index (χ1) is 11.2. The second-order valence-electron chi connectivity index (χ2n) is 5.32. The third-order valence-corrected chi connectivity index (χ3v) is 4.08. The molecule has 23 heavy (non-hydrogen) atoms. The molecule has 0 aliphatic carbocycles. The largest absolute Gasteiger partial charge is 0.468 e. The minimum atomic E-state index is 0.642. The average molecular weight is 347 g/mol. The number of pyridine rings is 1. The summed E-state index contributed by atoms with van der Waals surface area (Å²) in [5.41, 5.74) is 2.18. The molecule has 2 aromatic heterocycles. The van der Waals surface area contributed by atoms with Gasteiger partial charge in [-0.2, -0.15) is 0 Å². The normalized spacial score (nSPS) is 11.1. The van der Waals surface area contributed by atoms with Gasteiger partial charge in [0.1, 0.15) is 5.76 Å². The molecule has 0 spiro atoms. The van der Waals surface area contributed by atoms with Crippen LogP contribution in [0.25, 0.3) is 0 Å². The molecular weight excluding hydrogens is 331 g/mol. The highest BCUT2D eigenvalue weighted by Gasteiger charge is 2.12. The molecule has 3 nitrogen and oxygen atoms in total. The number of halogens is 2. The van der Waals surface area contributed by atoms with E-state index in [0.717, 1.165) is 23.4 Å². The van der Waals surface area contributed by atoms with E-state index in [2.05, 4.69) is 16.0 Å². The van der Waals surface area contributed by atoms with E-state index in [-0.39, 0.29) is 0 Å². The highest BCUT2D eigenvalue weighted by Crippen LogP contribution is 2.23. The lowest BCUT2D eigenvalue weighted by Crippen LogP contribution is -2.22. The van der Waals surface area contributed by atoms with Crippen molar-refractivity contribution in [2.24, 2.45) is 0 Å². The quantitative estimate of drug-likeness (QED) is 0.615. The van der Waals surface area contributed by atoms with Crippen LogP contribution in [0.5, 0.6) is 0 Å². The van der Waals surface area contributed by atoms with Gasteiger partial charge in [0.2, 0.25) is 0 Å². The number of hydrogen-bond acceptors (Lipinski definition) is 3. The van der Waals surface area contributed by atoms with Gasteiger partial charge in [-0.1, -0.05) is 35.3 Å². The van der Waals surface area contributed by atoms with Crippen LogP contribution in [0.15, 0.2) is 65.5 Å². The molecule has 0 radical (unpaired) electrons. The smallest absolute Gasteiger partial charge is 0.117 e. The summed E-state index contributed by atoms with van der Waals surface area (Å²) < 4.78 is 5.48. The Morgan fingerprint density at radius 3 is 2.61 bits per heavy atom. The van der Waals surface area contributed by atoms with Crippen molar-refractivity contribution < 1.29 is 4.42 Å². The number of benzene rings is 1. The Kier molecular flexibility index (Phi) is 5.34. The van der Waals surface area contributed by atoms with Crippen molar-refractivity contribution in [3.8, 4) is 0 Å². The number of furan rings is 1. The first-order valence-electron chi connectivity index (χ1n) is 7.28. The maximum atomic E-state index is 6.31. The van der Waals surface area contributed by atoms with Crippen molar-refractivity contribution in [3.63, 3.8) is 0 Å². The molecule has 0 unspecified atom stereocenters. The van der Waals surface area contributed by atoms with Gasteiger partial charge in [-0.3, -0.25) is 9.88 Å². The first-order valence-corrected chi connectivity index (χ1v) is 8.04. The Hall–Kier alpha value is -1.81. The summed E-state index contributed by atoms with van der Waals surface area (Å²) in [5.74, 6) is 0.916. The molecule has 5 heteroatoms. The van der Waals surface area contributed by atoms with Gasteiger partial charge in [0.15, 0.2) is 0 Å². The number of rotatable bonds is 6. The molecule has 0 atom stereocenters.